The van der Waals surface area contributed by atoms with Crippen LogP contribution < -0.4 is 5.73 Å². The van der Waals surface area contributed by atoms with Gasteiger partial charge in [0.1, 0.15) is 0 Å². The van der Waals surface area contributed by atoms with Crippen LogP contribution >= 0.6 is 0 Å². The first-order valence-corrected chi connectivity index (χ1v) is 9.87. The Morgan fingerprint density at radius 1 is 1.23 bits per heavy atom. The molecule has 0 aromatic heterocycles. The van der Waals surface area contributed by atoms with Gasteiger partial charge in [0.2, 0.25) is 5.91 Å². The molecular formula is C21H32N2O3. The van der Waals surface area contributed by atoms with Crippen molar-refractivity contribution in [2.75, 3.05) is 39.5 Å². The van der Waals surface area contributed by atoms with Crippen LogP contribution in [0, 0.1) is 12.3 Å². The molecule has 5 heteroatoms. The minimum Gasteiger partial charge on any atom is -0.381 e. The van der Waals surface area contributed by atoms with Crippen molar-refractivity contribution in [3.63, 3.8) is 0 Å². The van der Waals surface area contributed by atoms with E-state index in [4.69, 9.17) is 15.2 Å². The van der Waals surface area contributed by atoms with E-state index in [2.05, 4.69) is 31.2 Å². The van der Waals surface area contributed by atoms with Gasteiger partial charge in [0.05, 0.1) is 11.5 Å². The molecule has 2 heterocycles. The lowest BCUT2D eigenvalue weighted by molar-refractivity contribution is -0.148. The lowest BCUT2D eigenvalue weighted by Gasteiger charge is -2.39. The molecule has 0 bridgehead atoms. The smallest absolute Gasteiger partial charge is 0.230 e. The van der Waals surface area contributed by atoms with E-state index in [9.17, 15) is 4.79 Å². The molecule has 0 saturated carbocycles. The summed E-state index contributed by atoms with van der Waals surface area (Å²) in [7, 11) is 0. The van der Waals surface area contributed by atoms with Crippen molar-refractivity contribution < 1.29 is 14.3 Å². The number of amides is 1. The molecule has 1 atom stereocenters. The van der Waals surface area contributed by atoms with Gasteiger partial charge in [-0.15, -0.1) is 0 Å². The summed E-state index contributed by atoms with van der Waals surface area (Å²) < 4.78 is 11.3. The quantitative estimate of drug-likeness (QED) is 0.810. The molecule has 26 heavy (non-hydrogen) atoms. The number of nitrogens with zero attached hydrogens (tertiary/aromatic N) is 1. The number of hydrogen-bond acceptors (Lipinski definition) is 4. The summed E-state index contributed by atoms with van der Waals surface area (Å²) in [4.78, 5) is 15.5. The van der Waals surface area contributed by atoms with Gasteiger partial charge in [-0.05, 0) is 44.6 Å². The van der Waals surface area contributed by atoms with Crippen molar-refractivity contribution >= 4 is 5.91 Å². The van der Waals surface area contributed by atoms with Crippen LogP contribution in [0.5, 0.6) is 0 Å². The Bertz CT molecular complexity index is 575. The average Bonchev–Trinajstić information content (AvgIpc) is 3.19. The molecule has 0 spiro atoms. The van der Waals surface area contributed by atoms with Gasteiger partial charge in [-0.2, -0.15) is 0 Å². The second-order valence-corrected chi connectivity index (χ2v) is 7.72. The van der Waals surface area contributed by atoms with Crippen molar-refractivity contribution in [3.05, 3.63) is 35.4 Å². The minimum absolute atomic E-state index is 0.159. The first-order chi connectivity index (χ1) is 12.6. The van der Waals surface area contributed by atoms with Gasteiger partial charge >= 0.3 is 0 Å². The second kappa shape index (κ2) is 8.98. The molecule has 2 saturated heterocycles. The lowest BCUT2D eigenvalue weighted by atomic mass is 9.78. The third-order valence-electron chi connectivity index (χ3n) is 5.82. The largest absolute Gasteiger partial charge is 0.381 e. The fourth-order valence-electron chi connectivity index (χ4n) is 3.93. The molecule has 1 aromatic rings. The third kappa shape index (κ3) is 4.64. The SMILES string of the molecule is Cc1ccc(CCN(CC2CCCO2)C(=O)C2(CN)CCOCC2)cc1. The standard InChI is InChI=1S/C21H32N2O3/c1-17-4-6-18(7-5-17)8-11-23(15-19-3-2-12-26-19)20(24)21(16-22)9-13-25-14-10-21/h4-7,19H,2-3,8-16,22H2,1H3. The highest BCUT2D eigenvalue weighted by Crippen LogP contribution is 2.32. The van der Waals surface area contributed by atoms with Gasteiger partial charge in [-0.3, -0.25) is 4.79 Å². The topological polar surface area (TPSA) is 64.8 Å². The van der Waals surface area contributed by atoms with Gasteiger partial charge in [0.25, 0.3) is 0 Å². The number of nitrogens with two attached hydrogens (primary N) is 1. The van der Waals surface area contributed by atoms with Crippen LogP contribution in [-0.4, -0.2) is 56.4 Å². The molecule has 5 nitrogen and oxygen atoms in total. The van der Waals surface area contributed by atoms with E-state index in [-0.39, 0.29) is 12.0 Å². The van der Waals surface area contributed by atoms with E-state index >= 15 is 0 Å². The first-order valence-electron chi connectivity index (χ1n) is 9.87. The molecule has 2 fully saturated rings. The number of hydrogen-bond donors (Lipinski definition) is 1. The average molecular weight is 360 g/mol. The Kier molecular flexibility index (Phi) is 6.68. The molecule has 3 rings (SSSR count). The Morgan fingerprint density at radius 2 is 1.96 bits per heavy atom. The molecule has 2 aliphatic heterocycles. The zero-order valence-corrected chi connectivity index (χ0v) is 15.9. The summed E-state index contributed by atoms with van der Waals surface area (Å²) in [6, 6.07) is 8.55. The fourth-order valence-corrected chi connectivity index (χ4v) is 3.93. The van der Waals surface area contributed by atoms with Crippen LogP contribution in [-0.2, 0) is 20.7 Å². The number of benzene rings is 1. The summed E-state index contributed by atoms with van der Waals surface area (Å²) in [5.74, 6) is 0.186. The van der Waals surface area contributed by atoms with E-state index < -0.39 is 5.41 Å². The Hall–Kier alpha value is -1.43. The number of aryl methyl sites for hydroxylation is 1. The van der Waals surface area contributed by atoms with Crippen molar-refractivity contribution in [3.8, 4) is 0 Å². The molecule has 0 aliphatic carbocycles. The number of rotatable bonds is 7. The van der Waals surface area contributed by atoms with E-state index in [0.717, 1.165) is 38.7 Å². The highest BCUT2D eigenvalue weighted by molar-refractivity contribution is 5.83. The van der Waals surface area contributed by atoms with Crippen molar-refractivity contribution in [1.82, 2.24) is 4.90 Å². The maximum atomic E-state index is 13.4. The summed E-state index contributed by atoms with van der Waals surface area (Å²) >= 11 is 0. The van der Waals surface area contributed by atoms with Crippen molar-refractivity contribution in [2.24, 2.45) is 11.1 Å². The fraction of sp³-hybridized carbons (Fsp3) is 0.667. The van der Waals surface area contributed by atoms with Crippen LogP contribution in [0.4, 0.5) is 0 Å². The van der Waals surface area contributed by atoms with Crippen molar-refractivity contribution in [2.45, 2.75) is 45.1 Å². The highest BCUT2D eigenvalue weighted by Gasteiger charge is 2.42. The predicted octanol–water partition coefficient (Wildman–Crippen LogP) is 2.30. The summed E-state index contributed by atoms with van der Waals surface area (Å²) in [5, 5.41) is 0. The Balaban J connectivity index is 1.70. The molecular weight excluding hydrogens is 328 g/mol. The maximum absolute atomic E-state index is 13.4. The number of ether oxygens (including phenoxy) is 2. The molecule has 1 unspecified atom stereocenters. The third-order valence-corrected chi connectivity index (χ3v) is 5.82. The van der Waals surface area contributed by atoms with Gasteiger partial charge in [0.15, 0.2) is 0 Å². The monoisotopic (exact) mass is 360 g/mol. The predicted molar refractivity (Wildman–Crippen MR) is 102 cm³/mol. The van der Waals surface area contributed by atoms with Crippen molar-refractivity contribution in [1.29, 1.82) is 0 Å². The zero-order chi connectivity index (χ0) is 18.4. The highest BCUT2D eigenvalue weighted by atomic mass is 16.5. The van der Waals surface area contributed by atoms with E-state index in [0.29, 0.717) is 32.8 Å². The molecule has 2 N–H and O–H groups in total. The second-order valence-electron chi connectivity index (χ2n) is 7.72. The molecule has 1 aromatic carbocycles. The van der Waals surface area contributed by atoms with Gasteiger partial charge < -0.3 is 20.1 Å². The van der Waals surface area contributed by atoms with Gasteiger partial charge in [-0.25, -0.2) is 0 Å². The molecule has 0 radical (unpaired) electrons. The Labute approximate surface area is 156 Å². The van der Waals surface area contributed by atoms with Gasteiger partial charge in [0, 0.05) is 39.5 Å². The van der Waals surface area contributed by atoms with E-state index in [1.807, 2.05) is 4.90 Å². The first kappa shape index (κ1) is 19.3. The maximum Gasteiger partial charge on any atom is 0.230 e. The van der Waals surface area contributed by atoms with Crippen LogP contribution in [0.25, 0.3) is 0 Å². The van der Waals surface area contributed by atoms with Crippen LogP contribution in [0.1, 0.15) is 36.8 Å². The van der Waals surface area contributed by atoms with Crippen LogP contribution in [0.15, 0.2) is 24.3 Å². The summed E-state index contributed by atoms with van der Waals surface area (Å²) in [6.45, 7) is 5.91. The molecule has 1 amide bonds. The summed E-state index contributed by atoms with van der Waals surface area (Å²) in [6.07, 6.45) is 4.57. The molecule has 144 valence electrons. The summed E-state index contributed by atoms with van der Waals surface area (Å²) in [5.41, 5.74) is 8.12. The minimum atomic E-state index is -0.468. The normalized spacial score (nSPS) is 22.3. The van der Waals surface area contributed by atoms with E-state index in [1.54, 1.807) is 0 Å². The van der Waals surface area contributed by atoms with Crippen LogP contribution in [0.3, 0.4) is 0 Å². The Morgan fingerprint density at radius 3 is 2.58 bits per heavy atom. The lowest BCUT2D eigenvalue weighted by Crippen LogP contribution is -2.52. The molecule has 2 aliphatic rings. The van der Waals surface area contributed by atoms with Gasteiger partial charge in [-0.1, -0.05) is 29.8 Å². The zero-order valence-electron chi connectivity index (χ0n) is 15.9. The number of carbonyl (C=O) groups is 1. The van der Waals surface area contributed by atoms with Crippen LogP contribution in [0.2, 0.25) is 0 Å². The number of carbonyl (C=O) groups excluding carboxylic acids is 1. The van der Waals surface area contributed by atoms with E-state index in [1.165, 1.54) is 11.1 Å².